The first kappa shape index (κ1) is 23.3. The van der Waals surface area contributed by atoms with Gasteiger partial charge in [-0.05, 0) is 43.0 Å². The van der Waals surface area contributed by atoms with Crippen molar-refractivity contribution in [1.29, 1.82) is 0 Å². The van der Waals surface area contributed by atoms with E-state index in [0.717, 1.165) is 17.5 Å². The summed E-state index contributed by atoms with van der Waals surface area (Å²) in [7, 11) is 0. The largest absolute Gasteiger partial charge is 0.507 e. The van der Waals surface area contributed by atoms with Crippen LogP contribution in [0, 0.1) is 0 Å². The molecule has 1 saturated heterocycles. The smallest absolute Gasteiger partial charge is 0.295 e. The van der Waals surface area contributed by atoms with Gasteiger partial charge in [-0.3, -0.25) is 9.59 Å². The van der Waals surface area contributed by atoms with Crippen molar-refractivity contribution in [1.82, 2.24) is 14.5 Å². The Bertz CT molecular complexity index is 1180. The lowest BCUT2D eigenvalue weighted by atomic mass is 9.94. The summed E-state index contributed by atoms with van der Waals surface area (Å²) in [5.74, 6) is -0.879. The number of carbonyl (C=O) groups is 2. The molecular formula is C27H29N3O4. The number of rotatable bonds is 9. The summed E-state index contributed by atoms with van der Waals surface area (Å²) in [6.07, 6.45) is 6.82. The summed E-state index contributed by atoms with van der Waals surface area (Å²) in [5.41, 5.74) is 2.50. The number of aryl methyl sites for hydroxylation is 2. The number of ether oxygens (including phenoxy) is 1. The number of likely N-dealkylation sites (tertiary alicyclic amines) is 1. The maximum Gasteiger partial charge on any atom is 0.295 e. The van der Waals surface area contributed by atoms with Crippen molar-refractivity contribution in [2.75, 3.05) is 13.2 Å². The fraction of sp³-hybridized carbons (Fsp3) is 0.296. The number of aromatic nitrogens is 2. The van der Waals surface area contributed by atoms with E-state index in [0.29, 0.717) is 37.4 Å². The van der Waals surface area contributed by atoms with E-state index in [-0.39, 0.29) is 11.3 Å². The number of amides is 1. The molecule has 0 aliphatic carbocycles. The average Bonchev–Trinajstić information content (AvgIpc) is 3.46. The van der Waals surface area contributed by atoms with Gasteiger partial charge in [0.2, 0.25) is 0 Å². The summed E-state index contributed by atoms with van der Waals surface area (Å²) >= 11 is 0. The second-order valence-corrected chi connectivity index (χ2v) is 8.20. The van der Waals surface area contributed by atoms with Gasteiger partial charge in [0.1, 0.15) is 11.5 Å². The fourth-order valence-corrected chi connectivity index (χ4v) is 4.29. The number of carbonyl (C=O) groups excluding carboxylic acids is 2. The molecule has 34 heavy (non-hydrogen) atoms. The number of nitrogens with zero attached hydrogens (tertiary/aromatic N) is 3. The first-order valence-electron chi connectivity index (χ1n) is 11.6. The molecule has 0 spiro atoms. The lowest BCUT2D eigenvalue weighted by molar-refractivity contribution is -0.139. The van der Waals surface area contributed by atoms with Gasteiger partial charge < -0.3 is 19.3 Å². The zero-order chi connectivity index (χ0) is 24.1. The molecule has 7 nitrogen and oxygen atoms in total. The van der Waals surface area contributed by atoms with E-state index in [1.807, 2.05) is 42.0 Å². The molecule has 1 aliphatic heterocycles. The lowest BCUT2D eigenvalue weighted by Crippen LogP contribution is -2.31. The molecular weight excluding hydrogens is 430 g/mol. The van der Waals surface area contributed by atoms with Crippen LogP contribution < -0.4 is 4.74 Å². The number of imidazole rings is 1. The zero-order valence-electron chi connectivity index (χ0n) is 19.5. The van der Waals surface area contributed by atoms with E-state index < -0.39 is 17.7 Å². The fourth-order valence-electron chi connectivity index (χ4n) is 4.29. The highest BCUT2D eigenvalue weighted by atomic mass is 16.5. The van der Waals surface area contributed by atoms with Gasteiger partial charge in [-0.2, -0.15) is 0 Å². The van der Waals surface area contributed by atoms with Gasteiger partial charge in [0.15, 0.2) is 0 Å². The van der Waals surface area contributed by atoms with Gasteiger partial charge in [0.25, 0.3) is 11.7 Å². The molecule has 2 heterocycles. The quantitative estimate of drug-likeness (QED) is 0.292. The highest BCUT2D eigenvalue weighted by Gasteiger charge is 2.45. The molecule has 2 aromatic carbocycles. The van der Waals surface area contributed by atoms with Crippen molar-refractivity contribution >= 4 is 17.4 Å². The number of Topliss-reactive ketones (excluding diaryl/α,β-unsaturated/α-hetero) is 1. The number of ketones is 1. The van der Waals surface area contributed by atoms with Crippen LogP contribution in [0.4, 0.5) is 0 Å². The molecule has 0 bridgehead atoms. The molecule has 4 rings (SSSR count). The number of hydrogen-bond acceptors (Lipinski definition) is 5. The van der Waals surface area contributed by atoms with Gasteiger partial charge in [0, 0.05) is 31.0 Å². The molecule has 1 atom stereocenters. The second kappa shape index (κ2) is 10.4. The van der Waals surface area contributed by atoms with Gasteiger partial charge in [-0.25, -0.2) is 4.98 Å². The van der Waals surface area contributed by atoms with Gasteiger partial charge in [-0.15, -0.1) is 0 Å². The van der Waals surface area contributed by atoms with Crippen molar-refractivity contribution in [3.63, 3.8) is 0 Å². The maximum atomic E-state index is 13.2. The Balaban J connectivity index is 1.73. The third-order valence-corrected chi connectivity index (χ3v) is 6.04. The molecule has 1 amide bonds. The van der Waals surface area contributed by atoms with Crippen LogP contribution in [-0.4, -0.2) is 44.4 Å². The minimum Gasteiger partial charge on any atom is -0.507 e. The van der Waals surface area contributed by atoms with E-state index in [1.165, 1.54) is 0 Å². The van der Waals surface area contributed by atoms with Crippen molar-refractivity contribution in [2.24, 2.45) is 0 Å². The summed E-state index contributed by atoms with van der Waals surface area (Å²) < 4.78 is 7.48. The molecule has 7 heteroatoms. The van der Waals surface area contributed by atoms with E-state index in [2.05, 4.69) is 11.9 Å². The van der Waals surface area contributed by atoms with E-state index in [1.54, 1.807) is 41.7 Å². The van der Waals surface area contributed by atoms with Crippen LogP contribution in [0.5, 0.6) is 5.75 Å². The number of aliphatic hydroxyl groups is 1. The zero-order valence-corrected chi connectivity index (χ0v) is 19.5. The van der Waals surface area contributed by atoms with Crippen LogP contribution in [0.3, 0.4) is 0 Å². The second-order valence-electron chi connectivity index (χ2n) is 8.20. The van der Waals surface area contributed by atoms with Gasteiger partial charge >= 0.3 is 0 Å². The summed E-state index contributed by atoms with van der Waals surface area (Å²) in [5, 5.41) is 11.2. The monoisotopic (exact) mass is 459 g/mol. The van der Waals surface area contributed by atoms with Crippen molar-refractivity contribution < 1.29 is 19.4 Å². The Kier molecular flexibility index (Phi) is 7.11. The summed E-state index contributed by atoms with van der Waals surface area (Å²) in [6, 6.07) is 14.1. The Hall–Kier alpha value is -3.87. The Morgan fingerprint density at radius 3 is 2.56 bits per heavy atom. The highest BCUT2D eigenvalue weighted by molar-refractivity contribution is 6.46. The van der Waals surface area contributed by atoms with Crippen molar-refractivity contribution in [2.45, 2.75) is 39.3 Å². The average molecular weight is 460 g/mol. The molecule has 0 radical (unpaired) electrons. The molecule has 1 aromatic heterocycles. The highest BCUT2D eigenvalue weighted by Crippen LogP contribution is 2.40. The topological polar surface area (TPSA) is 84.7 Å². The molecule has 0 saturated carbocycles. The third kappa shape index (κ3) is 4.73. The molecule has 3 aromatic rings. The normalized spacial score (nSPS) is 17.4. The van der Waals surface area contributed by atoms with Crippen molar-refractivity contribution in [3.05, 3.63) is 89.5 Å². The van der Waals surface area contributed by atoms with Gasteiger partial charge in [0.05, 0.1) is 24.5 Å². The minimum atomic E-state index is -0.675. The van der Waals surface area contributed by atoms with Crippen LogP contribution in [0.1, 0.15) is 43.0 Å². The van der Waals surface area contributed by atoms with Crippen LogP contribution in [-0.2, 0) is 22.6 Å². The van der Waals surface area contributed by atoms with Crippen LogP contribution >= 0.6 is 0 Å². The van der Waals surface area contributed by atoms with Crippen LogP contribution in [0.2, 0.25) is 0 Å². The Morgan fingerprint density at radius 2 is 1.88 bits per heavy atom. The number of benzene rings is 2. The first-order chi connectivity index (χ1) is 16.5. The predicted molar refractivity (Wildman–Crippen MR) is 129 cm³/mol. The van der Waals surface area contributed by atoms with Gasteiger partial charge in [-0.1, -0.05) is 43.3 Å². The SMILES string of the molecule is CCOc1cccc(C(O)=C2C(=O)C(=O)N(CCCn3ccnc3)C2c2ccc(CC)cc2)c1. The third-order valence-electron chi connectivity index (χ3n) is 6.04. The van der Waals surface area contributed by atoms with Crippen LogP contribution in [0.25, 0.3) is 5.76 Å². The molecule has 176 valence electrons. The predicted octanol–water partition coefficient (Wildman–Crippen LogP) is 4.36. The number of hydrogen-bond donors (Lipinski definition) is 1. The summed E-state index contributed by atoms with van der Waals surface area (Å²) in [6.45, 7) is 5.47. The molecule has 1 unspecified atom stereocenters. The minimum absolute atomic E-state index is 0.102. The van der Waals surface area contributed by atoms with E-state index in [4.69, 9.17) is 4.74 Å². The van der Waals surface area contributed by atoms with E-state index >= 15 is 0 Å². The standard InChI is InChI=1S/C27H29N3O4/c1-3-19-9-11-20(12-10-19)24-23(25(31)21-7-5-8-22(17-21)34-4-2)26(32)27(33)30(24)15-6-14-29-16-13-28-18-29/h5,7-13,16-18,24,31H,3-4,6,14-15H2,1-2H3. The maximum absolute atomic E-state index is 13.2. The Labute approximate surface area is 199 Å². The first-order valence-corrected chi connectivity index (χ1v) is 11.6. The van der Waals surface area contributed by atoms with E-state index in [9.17, 15) is 14.7 Å². The van der Waals surface area contributed by atoms with Crippen molar-refractivity contribution in [3.8, 4) is 5.75 Å². The lowest BCUT2D eigenvalue weighted by Gasteiger charge is -2.25. The Morgan fingerprint density at radius 1 is 1.09 bits per heavy atom. The molecule has 1 N–H and O–H groups in total. The summed E-state index contributed by atoms with van der Waals surface area (Å²) in [4.78, 5) is 31.9. The number of aliphatic hydroxyl groups excluding tert-OH is 1. The molecule has 1 fully saturated rings. The molecule has 1 aliphatic rings. The van der Waals surface area contributed by atoms with Crippen LogP contribution in [0.15, 0.2) is 72.8 Å².